The first-order valence-electron chi connectivity index (χ1n) is 8.01. The van der Waals surface area contributed by atoms with Crippen molar-refractivity contribution >= 4 is 0 Å². The summed E-state index contributed by atoms with van der Waals surface area (Å²) in [5, 5.41) is 3.49. The summed E-state index contributed by atoms with van der Waals surface area (Å²) in [6.07, 6.45) is 1.01. The Morgan fingerprint density at radius 2 is 1.38 bits per heavy atom. The van der Waals surface area contributed by atoms with Gasteiger partial charge in [-0.2, -0.15) is 0 Å². The Morgan fingerprint density at radius 3 is 1.76 bits per heavy atom. The molecule has 0 aliphatic carbocycles. The third-order valence-corrected chi connectivity index (χ3v) is 3.19. The lowest BCUT2D eigenvalue weighted by Crippen LogP contribution is -2.20. The van der Waals surface area contributed by atoms with Crippen molar-refractivity contribution in [1.29, 1.82) is 0 Å². The highest BCUT2D eigenvalue weighted by molar-refractivity contribution is 5.54. The normalized spacial score (nSPS) is 12.0. The Morgan fingerprint density at radius 1 is 0.857 bits per heavy atom. The van der Waals surface area contributed by atoms with Crippen LogP contribution in [0.5, 0.6) is 17.2 Å². The molecule has 4 heteroatoms. The van der Waals surface area contributed by atoms with E-state index in [1.807, 2.05) is 20.8 Å². The molecule has 1 unspecified atom stereocenters. The standard InChI is InChI=1S/C17H29NO3/c1-6-14(18-7-2)13-11-15(19-8-3)17(21-10-5)16(12-13)20-9-4/h11-12,14,18H,6-10H2,1-5H3. The lowest BCUT2D eigenvalue weighted by atomic mass is 10.0. The van der Waals surface area contributed by atoms with Gasteiger partial charge >= 0.3 is 0 Å². The molecule has 0 heterocycles. The summed E-state index contributed by atoms with van der Waals surface area (Å²) in [6.45, 7) is 12.9. The van der Waals surface area contributed by atoms with Gasteiger partial charge in [0.05, 0.1) is 19.8 Å². The highest BCUT2D eigenvalue weighted by Gasteiger charge is 2.18. The molecule has 1 N–H and O–H groups in total. The van der Waals surface area contributed by atoms with E-state index in [1.54, 1.807) is 0 Å². The van der Waals surface area contributed by atoms with Crippen LogP contribution in [0.3, 0.4) is 0 Å². The molecule has 0 aromatic heterocycles. The van der Waals surface area contributed by atoms with E-state index in [9.17, 15) is 0 Å². The molecule has 0 amide bonds. The van der Waals surface area contributed by atoms with Gasteiger partial charge in [0.15, 0.2) is 11.5 Å². The van der Waals surface area contributed by atoms with E-state index in [2.05, 4.69) is 31.3 Å². The van der Waals surface area contributed by atoms with Gasteiger partial charge in [-0.25, -0.2) is 0 Å². The third kappa shape index (κ3) is 4.81. The van der Waals surface area contributed by atoms with Crippen molar-refractivity contribution in [3.63, 3.8) is 0 Å². The second-order valence-corrected chi connectivity index (χ2v) is 4.66. The number of benzene rings is 1. The highest BCUT2D eigenvalue weighted by Crippen LogP contribution is 2.40. The zero-order valence-electron chi connectivity index (χ0n) is 14.0. The van der Waals surface area contributed by atoms with Gasteiger partial charge in [0.2, 0.25) is 5.75 Å². The molecule has 0 saturated carbocycles. The first-order valence-corrected chi connectivity index (χ1v) is 8.01. The first-order chi connectivity index (χ1) is 10.2. The van der Waals surface area contributed by atoms with Gasteiger partial charge < -0.3 is 19.5 Å². The first kappa shape index (κ1) is 17.6. The molecule has 0 saturated heterocycles. The van der Waals surface area contributed by atoms with Gasteiger partial charge in [-0.05, 0) is 51.4 Å². The van der Waals surface area contributed by atoms with Gasteiger partial charge in [-0.15, -0.1) is 0 Å². The molecule has 0 fully saturated rings. The lowest BCUT2D eigenvalue weighted by Gasteiger charge is -2.21. The number of rotatable bonds is 10. The van der Waals surface area contributed by atoms with Crippen LogP contribution in [0.15, 0.2) is 12.1 Å². The maximum Gasteiger partial charge on any atom is 0.203 e. The molecule has 0 aliphatic rings. The van der Waals surface area contributed by atoms with Gasteiger partial charge in [-0.3, -0.25) is 0 Å². The number of hydrogen-bond acceptors (Lipinski definition) is 4. The molecule has 1 rings (SSSR count). The van der Waals surface area contributed by atoms with Crippen LogP contribution in [-0.2, 0) is 0 Å². The predicted octanol–water partition coefficient (Wildman–Crippen LogP) is 3.94. The summed E-state index contributed by atoms with van der Waals surface area (Å²) in [5.41, 5.74) is 1.18. The van der Waals surface area contributed by atoms with Gasteiger partial charge in [-0.1, -0.05) is 13.8 Å². The maximum atomic E-state index is 5.76. The molecular weight excluding hydrogens is 266 g/mol. The molecule has 21 heavy (non-hydrogen) atoms. The van der Waals surface area contributed by atoms with Crippen LogP contribution >= 0.6 is 0 Å². The van der Waals surface area contributed by atoms with Crippen molar-refractivity contribution in [2.24, 2.45) is 0 Å². The molecule has 4 nitrogen and oxygen atoms in total. The topological polar surface area (TPSA) is 39.7 Å². The molecule has 1 aromatic rings. The van der Waals surface area contributed by atoms with Crippen molar-refractivity contribution < 1.29 is 14.2 Å². The minimum atomic E-state index is 0.295. The van der Waals surface area contributed by atoms with E-state index < -0.39 is 0 Å². The van der Waals surface area contributed by atoms with Crippen LogP contribution in [0, 0.1) is 0 Å². The molecule has 0 bridgehead atoms. The highest BCUT2D eigenvalue weighted by atomic mass is 16.5. The van der Waals surface area contributed by atoms with Crippen molar-refractivity contribution in [2.45, 2.75) is 47.1 Å². The fourth-order valence-corrected chi connectivity index (χ4v) is 2.35. The van der Waals surface area contributed by atoms with Crippen LogP contribution in [0.4, 0.5) is 0 Å². The smallest absolute Gasteiger partial charge is 0.203 e. The molecule has 0 aliphatic heterocycles. The zero-order chi connectivity index (χ0) is 15.7. The number of nitrogens with one attached hydrogen (secondary N) is 1. The van der Waals surface area contributed by atoms with E-state index in [1.165, 1.54) is 5.56 Å². The summed E-state index contributed by atoms with van der Waals surface area (Å²) < 4.78 is 17.2. The SMILES string of the molecule is CCNC(CC)c1cc(OCC)c(OCC)c(OCC)c1. The van der Waals surface area contributed by atoms with Crippen molar-refractivity contribution in [3.05, 3.63) is 17.7 Å². The molecule has 120 valence electrons. The fourth-order valence-electron chi connectivity index (χ4n) is 2.35. The Bertz CT molecular complexity index is 393. The van der Waals surface area contributed by atoms with Gasteiger partial charge in [0.25, 0.3) is 0 Å². The lowest BCUT2D eigenvalue weighted by molar-refractivity contribution is 0.260. The zero-order valence-corrected chi connectivity index (χ0v) is 14.0. The van der Waals surface area contributed by atoms with E-state index in [-0.39, 0.29) is 0 Å². The van der Waals surface area contributed by atoms with Crippen LogP contribution in [0.2, 0.25) is 0 Å². The van der Waals surface area contributed by atoms with Gasteiger partial charge in [0, 0.05) is 6.04 Å². The quantitative estimate of drug-likeness (QED) is 0.709. The predicted molar refractivity (Wildman–Crippen MR) is 86.7 cm³/mol. The molecule has 0 spiro atoms. The molecule has 0 radical (unpaired) electrons. The number of hydrogen-bond donors (Lipinski definition) is 1. The second kappa shape index (κ2) is 9.50. The summed E-state index contributed by atoms with van der Waals surface area (Å²) >= 11 is 0. The van der Waals surface area contributed by atoms with Crippen LogP contribution in [0.25, 0.3) is 0 Å². The average Bonchev–Trinajstić information content (AvgIpc) is 2.48. The Balaban J connectivity index is 3.26. The Hall–Kier alpha value is -1.42. The largest absolute Gasteiger partial charge is 0.490 e. The third-order valence-electron chi connectivity index (χ3n) is 3.19. The summed E-state index contributed by atoms with van der Waals surface area (Å²) in [6, 6.07) is 4.42. The van der Waals surface area contributed by atoms with E-state index in [0.717, 1.165) is 24.5 Å². The molecule has 1 aromatic carbocycles. The fraction of sp³-hybridized carbons (Fsp3) is 0.647. The molecular formula is C17H29NO3. The van der Waals surface area contributed by atoms with Crippen molar-refractivity contribution in [1.82, 2.24) is 5.32 Å². The minimum absolute atomic E-state index is 0.295. The Labute approximate surface area is 128 Å². The summed E-state index contributed by atoms with van der Waals surface area (Å²) in [7, 11) is 0. The van der Waals surface area contributed by atoms with Crippen LogP contribution in [0.1, 0.15) is 52.6 Å². The van der Waals surface area contributed by atoms with E-state index in [4.69, 9.17) is 14.2 Å². The van der Waals surface area contributed by atoms with Crippen molar-refractivity contribution in [2.75, 3.05) is 26.4 Å². The number of ether oxygens (including phenoxy) is 3. The summed E-state index contributed by atoms with van der Waals surface area (Å²) in [5.74, 6) is 2.23. The monoisotopic (exact) mass is 295 g/mol. The van der Waals surface area contributed by atoms with Crippen molar-refractivity contribution in [3.8, 4) is 17.2 Å². The summed E-state index contributed by atoms with van der Waals surface area (Å²) in [4.78, 5) is 0. The van der Waals surface area contributed by atoms with Gasteiger partial charge in [0.1, 0.15) is 0 Å². The minimum Gasteiger partial charge on any atom is -0.490 e. The maximum absolute atomic E-state index is 5.76. The Kier molecular flexibility index (Phi) is 7.98. The molecule has 1 atom stereocenters. The average molecular weight is 295 g/mol. The van der Waals surface area contributed by atoms with Crippen LogP contribution < -0.4 is 19.5 Å². The van der Waals surface area contributed by atoms with E-state index >= 15 is 0 Å². The second-order valence-electron chi connectivity index (χ2n) is 4.66. The van der Waals surface area contributed by atoms with E-state index in [0.29, 0.717) is 31.6 Å². The van der Waals surface area contributed by atoms with Crippen LogP contribution in [-0.4, -0.2) is 26.4 Å².